The Morgan fingerprint density at radius 2 is 2.16 bits per heavy atom. The molecule has 6 nitrogen and oxygen atoms in total. The van der Waals surface area contributed by atoms with Gasteiger partial charge in [-0.05, 0) is 24.3 Å². The number of nitrogens with two attached hydrogens (primary N) is 1. The third-order valence-electron chi connectivity index (χ3n) is 2.87. The van der Waals surface area contributed by atoms with E-state index in [-0.39, 0.29) is 0 Å². The van der Waals surface area contributed by atoms with Gasteiger partial charge in [-0.1, -0.05) is 5.16 Å². The average Bonchev–Trinajstić information content (AvgIpc) is 2.95. The lowest BCUT2D eigenvalue weighted by atomic mass is 10.1. The summed E-state index contributed by atoms with van der Waals surface area (Å²) < 4.78 is 4.69. The number of fused-ring (bicyclic) bond motifs is 1. The highest BCUT2D eigenvalue weighted by Gasteiger charge is 2.05. The molecule has 0 spiro atoms. The summed E-state index contributed by atoms with van der Waals surface area (Å²) in [7, 11) is 0. The van der Waals surface area contributed by atoms with E-state index in [0.717, 1.165) is 16.6 Å². The molecular formula is C13H13N5O. The Bertz CT molecular complexity index is 681. The molecule has 0 aliphatic carbocycles. The van der Waals surface area contributed by atoms with E-state index < -0.39 is 0 Å². The van der Waals surface area contributed by atoms with Crippen LogP contribution in [0.5, 0.6) is 0 Å². The van der Waals surface area contributed by atoms with Crippen molar-refractivity contribution in [3.05, 3.63) is 42.7 Å². The standard InChI is InChI=1S/C13H13N5O/c14-10-3-4-11(9-2-1-6-16-13(9)10)15-7-5-12-17-8-19-18-12/h1-4,6,8,15H,5,7,14H2. The number of anilines is 2. The number of benzene rings is 1. The molecule has 96 valence electrons. The van der Waals surface area contributed by atoms with Crippen molar-refractivity contribution in [2.75, 3.05) is 17.6 Å². The van der Waals surface area contributed by atoms with E-state index >= 15 is 0 Å². The largest absolute Gasteiger partial charge is 0.397 e. The van der Waals surface area contributed by atoms with Crippen molar-refractivity contribution in [3.8, 4) is 0 Å². The van der Waals surface area contributed by atoms with Gasteiger partial charge < -0.3 is 15.6 Å². The fourth-order valence-corrected chi connectivity index (χ4v) is 1.96. The molecule has 0 atom stereocenters. The minimum atomic E-state index is 0.680. The highest BCUT2D eigenvalue weighted by Crippen LogP contribution is 2.26. The van der Waals surface area contributed by atoms with Crippen LogP contribution in [0, 0.1) is 0 Å². The fourth-order valence-electron chi connectivity index (χ4n) is 1.96. The summed E-state index contributed by atoms with van der Waals surface area (Å²) in [4.78, 5) is 8.27. The summed E-state index contributed by atoms with van der Waals surface area (Å²) in [5.41, 5.74) is 8.40. The van der Waals surface area contributed by atoms with Crippen LogP contribution in [0.3, 0.4) is 0 Å². The molecule has 0 fully saturated rings. The van der Waals surface area contributed by atoms with E-state index in [1.807, 2.05) is 24.3 Å². The van der Waals surface area contributed by atoms with E-state index in [9.17, 15) is 0 Å². The Morgan fingerprint density at radius 3 is 3.00 bits per heavy atom. The number of rotatable bonds is 4. The van der Waals surface area contributed by atoms with E-state index in [2.05, 4.69) is 25.0 Å². The van der Waals surface area contributed by atoms with Crippen molar-refractivity contribution in [3.63, 3.8) is 0 Å². The summed E-state index contributed by atoms with van der Waals surface area (Å²) in [5, 5.41) is 8.11. The number of nitrogens with zero attached hydrogens (tertiary/aromatic N) is 3. The number of pyridine rings is 1. The van der Waals surface area contributed by atoms with Crippen LogP contribution >= 0.6 is 0 Å². The number of nitrogens with one attached hydrogen (secondary N) is 1. The monoisotopic (exact) mass is 255 g/mol. The number of aromatic nitrogens is 3. The van der Waals surface area contributed by atoms with Crippen molar-refractivity contribution in [2.24, 2.45) is 0 Å². The van der Waals surface area contributed by atoms with Crippen LogP contribution in [0.15, 0.2) is 41.4 Å². The number of hydrogen-bond donors (Lipinski definition) is 2. The predicted octanol–water partition coefficient (Wildman–Crippen LogP) is 1.85. The Labute approximate surface area is 109 Å². The van der Waals surface area contributed by atoms with Crippen LogP contribution in [0.1, 0.15) is 5.82 Å². The number of nitrogen functional groups attached to an aromatic ring is 1. The molecule has 3 N–H and O–H groups in total. The molecule has 19 heavy (non-hydrogen) atoms. The topological polar surface area (TPSA) is 89.9 Å². The first kappa shape index (κ1) is 11.5. The van der Waals surface area contributed by atoms with Crippen molar-refractivity contribution in [1.82, 2.24) is 15.1 Å². The molecular weight excluding hydrogens is 242 g/mol. The Hall–Kier alpha value is -2.63. The van der Waals surface area contributed by atoms with Gasteiger partial charge in [0, 0.05) is 30.2 Å². The molecule has 0 saturated heterocycles. The fraction of sp³-hybridized carbons (Fsp3) is 0.154. The Morgan fingerprint density at radius 1 is 1.21 bits per heavy atom. The van der Waals surface area contributed by atoms with Gasteiger partial charge in [-0.15, -0.1) is 0 Å². The van der Waals surface area contributed by atoms with E-state index in [4.69, 9.17) is 5.73 Å². The molecule has 0 unspecified atom stereocenters. The normalized spacial score (nSPS) is 10.7. The zero-order chi connectivity index (χ0) is 13.1. The quantitative estimate of drug-likeness (QED) is 0.691. The second kappa shape index (κ2) is 4.93. The summed E-state index contributed by atoms with van der Waals surface area (Å²) in [6.07, 6.45) is 3.77. The summed E-state index contributed by atoms with van der Waals surface area (Å²) in [6, 6.07) is 7.70. The van der Waals surface area contributed by atoms with Crippen LogP contribution in [0.25, 0.3) is 10.9 Å². The maximum absolute atomic E-state index is 5.91. The van der Waals surface area contributed by atoms with Gasteiger partial charge in [0.25, 0.3) is 0 Å². The van der Waals surface area contributed by atoms with Crippen molar-refractivity contribution in [1.29, 1.82) is 0 Å². The van der Waals surface area contributed by atoms with Gasteiger partial charge in [-0.3, -0.25) is 4.98 Å². The zero-order valence-corrected chi connectivity index (χ0v) is 10.2. The molecule has 0 aliphatic rings. The molecule has 6 heteroatoms. The lowest BCUT2D eigenvalue weighted by molar-refractivity contribution is 0.410. The maximum atomic E-state index is 5.91. The van der Waals surface area contributed by atoms with Gasteiger partial charge in [0.05, 0.1) is 11.2 Å². The lowest BCUT2D eigenvalue weighted by Gasteiger charge is -2.09. The highest BCUT2D eigenvalue weighted by molar-refractivity contribution is 5.98. The maximum Gasteiger partial charge on any atom is 0.213 e. The molecule has 2 aromatic heterocycles. The highest BCUT2D eigenvalue weighted by atomic mass is 16.5. The second-order valence-electron chi connectivity index (χ2n) is 4.13. The third kappa shape index (κ3) is 2.33. The van der Waals surface area contributed by atoms with Crippen molar-refractivity contribution >= 4 is 22.3 Å². The summed E-state index contributed by atoms with van der Waals surface area (Å²) in [5.74, 6) is 0.686. The molecule has 0 radical (unpaired) electrons. The SMILES string of the molecule is Nc1ccc(NCCc2ncon2)c2cccnc12. The van der Waals surface area contributed by atoms with Gasteiger partial charge >= 0.3 is 0 Å². The second-order valence-corrected chi connectivity index (χ2v) is 4.13. The summed E-state index contributed by atoms with van der Waals surface area (Å²) in [6.45, 7) is 0.716. The molecule has 0 saturated carbocycles. The van der Waals surface area contributed by atoms with Crippen LogP contribution in [-0.4, -0.2) is 21.7 Å². The molecule has 3 rings (SSSR count). The first-order valence-electron chi connectivity index (χ1n) is 5.97. The predicted molar refractivity (Wildman–Crippen MR) is 72.6 cm³/mol. The molecule has 0 amide bonds. The van der Waals surface area contributed by atoms with Crippen LogP contribution < -0.4 is 11.1 Å². The minimum absolute atomic E-state index is 0.680. The van der Waals surface area contributed by atoms with E-state index in [1.54, 1.807) is 6.20 Å². The zero-order valence-electron chi connectivity index (χ0n) is 10.2. The van der Waals surface area contributed by atoms with Crippen LogP contribution in [0.2, 0.25) is 0 Å². The van der Waals surface area contributed by atoms with Gasteiger partial charge in [0.15, 0.2) is 5.82 Å². The summed E-state index contributed by atoms with van der Waals surface area (Å²) >= 11 is 0. The lowest BCUT2D eigenvalue weighted by Crippen LogP contribution is -2.06. The number of hydrogen-bond acceptors (Lipinski definition) is 6. The minimum Gasteiger partial charge on any atom is -0.397 e. The molecule has 1 aromatic carbocycles. The van der Waals surface area contributed by atoms with Crippen molar-refractivity contribution in [2.45, 2.75) is 6.42 Å². The first-order valence-corrected chi connectivity index (χ1v) is 5.97. The first-order chi connectivity index (χ1) is 9.34. The third-order valence-corrected chi connectivity index (χ3v) is 2.87. The van der Waals surface area contributed by atoms with Gasteiger partial charge in [0.1, 0.15) is 0 Å². The molecule has 0 aliphatic heterocycles. The van der Waals surface area contributed by atoms with Gasteiger partial charge in [-0.25, -0.2) is 0 Å². The Balaban J connectivity index is 1.79. The van der Waals surface area contributed by atoms with Crippen LogP contribution in [-0.2, 0) is 6.42 Å². The van der Waals surface area contributed by atoms with E-state index in [0.29, 0.717) is 24.5 Å². The van der Waals surface area contributed by atoms with Gasteiger partial charge in [0.2, 0.25) is 6.39 Å². The van der Waals surface area contributed by atoms with Crippen molar-refractivity contribution < 1.29 is 4.52 Å². The van der Waals surface area contributed by atoms with Gasteiger partial charge in [-0.2, -0.15) is 4.98 Å². The molecule has 0 bridgehead atoms. The van der Waals surface area contributed by atoms with E-state index in [1.165, 1.54) is 6.39 Å². The molecule has 3 aromatic rings. The smallest absolute Gasteiger partial charge is 0.213 e. The molecule has 2 heterocycles. The van der Waals surface area contributed by atoms with Crippen LogP contribution in [0.4, 0.5) is 11.4 Å². The average molecular weight is 255 g/mol. The Kier molecular flexibility index (Phi) is 2.97.